The molecule has 0 rings (SSSR count). The second-order valence-corrected chi connectivity index (χ2v) is 7.29. The van der Waals surface area contributed by atoms with Crippen molar-refractivity contribution < 1.29 is 22.5 Å². The number of aliphatic carboxylic acids is 1. The van der Waals surface area contributed by atoms with Crippen molar-refractivity contribution in [2.45, 2.75) is 18.6 Å². The maximum atomic E-state index is 11.6. The van der Waals surface area contributed by atoms with E-state index < -0.39 is 27.0 Å². The van der Waals surface area contributed by atoms with Crippen molar-refractivity contribution in [1.82, 2.24) is 9.03 Å². The third-order valence-electron chi connectivity index (χ3n) is 2.17. The highest BCUT2D eigenvalue weighted by Crippen LogP contribution is 1.98. The molecular formula is C8H18N2O5S2. The minimum absolute atomic E-state index is 0.0584. The smallest absolute Gasteiger partial charge is 0.304 e. The van der Waals surface area contributed by atoms with Gasteiger partial charge in [-0.2, -0.15) is 12.7 Å². The van der Waals surface area contributed by atoms with Crippen LogP contribution in [0.4, 0.5) is 0 Å². The molecule has 0 radical (unpaired) electrons. The van der Waals surface area contributed by atoms with Crippen LogP contribution < -0.4 is 4.72 Å². The van der Waals surface area contributed by atoms with Crippen molar-refractivity contribution >= 4 is 27.0 Å². The summed E-state index contributed by atoms with van der Waals surface area (Å²) in [5.41, 5.74) is 0. The summed E-state index contributed by atoms with van der Waals surface area (Å²) >= 11 is 0. The molecule has 0 spiro atoms. The summed E-state index contributed by atoms with van der Waals surface area (Å²) in [6.07, 6.45) is 1.24. The van der Waals surface area contributed by atoms with Crippen molar-refractivity contribution in [3.05, 3.63) is 0 Å². The van der Waals surface area contributed by atoms with Crippen molar-refractivity contribution in [3.8, 4) is 0 Å². The first kappa shape index (κ1) is 16.5. The van der Waals surface area contributed by atoms with Gasteiger partial charge in [0.1, 0.15) is 0 Å². The molecule has 102 valence electrons. The fourth-order valence-corrected chi connectivity index (χ4v) is 2.26. The van der Waals surface area contributed by atoms with Crippen LogP contribution >= 0.6 is 0 Å². The van der Waals surface area contributed by atoms with Gasteiger partial charge in [-0.1, -0.05) is 0 Å². The van der Waals surface area contributed by atoms with E-state index >= 15 is 0 Å². The molecule has 0 bridgehead atoms. The maximum absolute atomic E-state index is 11.6. The summed E-state index contributed by atoms with van der Waals surface area (Å²) in [6.45, 7) is 1.62. The van der Waals surface area contributed by atoms with Crippen LogP contribution in [0.2, 0.25) is 0 Å². The number of carboxylic acid groups (broad SMARTS) is 1. The van der Waals surface area contributed by atoms with E-state index in [4.69, 9.17) is 5.11 Å². The van der Waals surface area contributed by atoms with Gasteiger partial charge in [-0.25, -0.2) is 4.72 Å². The van der Waals surface area contributed by atoms with E-state index in [1.807, 2.05) is 0 Å². The summed E-state index contributed by atoms with van der Waals surface area (Å²) in [5, 5.41) is 8.14. The Morgan fingerprint density at radius 1 is 1.53 bits per heavy atom. The molecule has 2 unspecified atom stereocenters. The maximum Gasteiger partial charge on any atom is 0.304 e. The molecule has 0 amide bonds. The van der Waals surface area contributed by atoms with Gasteiger partial charge in [-0.15, -0.1) is 0 Å². The average Bonchev–Trinajstić information content (AvgIpc) is 2.22. The number of carboxylic acids is 1. The van der Waals surface area contributed by atoms with E-state index in [1.54, 1.807) is 6.92 Å². The van der Waals surface area contributed by atoms with Gasteiger partial charge in [0.2, 0.25) is 0 Å². The van der Waals surface area contributed by atoms with Gasteiger partial charge in [-0.05, 0) is 6.92 Å². The second-order valence-electron chi connectivity index (χ2n) is 3.63. The van der Waals surface area contributed by atoms with Crippen LogP contribution in [-0.2, 0) is 25.8 Å². The molecule has 0 aliphatic rings. The van der Waals surface area contributed by atoms with Crippen molar-refractivity contribution in [2.24, 2.45) is 0 Å². The van der Waals surface area contributed by atoms with Gasteiger partial charge in [-0.3, -0.25) is 9.00 Å². The lowest BCUT2D eigenvalue weighted by molar-refractivity contribution is -0.137. The zero-order chi connectivity index (χ0) is 13.6. The molecule has 0 saturated heterocycles. The Balaban J connectivity index is 4.28. The molecule has 2 N–H and O–H groups in total. The predicted octanol–water partition coefficient (Wildman–Crippen LogP) is -1.01. The molecule has 2 atom stereocenters. The summed E-state index contributed by atoms with van der Waals surface area (Å²) in [7, 11) is -3.52. The van der Waals surface area contributed by atoms with Crippen LogP contribution in [0.1, 0.15) is 13.3 Å². The van der Waals surface area contributed by atoms with E-state index in [0.29, 0.717) is 0 Å². The SMILES string of the molecule is CC(CNS(=O)(=O)N(C)CCC(=O)O)S(C)=O. The molecule has 0 heterocycles. The molecule has 7 nitrogen and oxygen atoms in total. The Labute approximate surface area is 104 Å². The summed E-state index contributed by atoms with van der Waals surface area (Å²) < 4.78 is 37.4. The minimum Gasteiger partial charge on any atom is -0.481 e. The Hall–Kier alpha value is -0.510. The zero-order valence-electron chi connectivity index (χ0n) is 10.0. The standard InChI is InChI=1S/C8H18N2O5S2/c1-7(16(3)13)6-9-17(14,15)10(2)5-4-8(11)12/h7,9H,4-6H2,1-3H3,(H,11,12). The number of nitrogens with zero attached hydrogens (tertiary/aromatic N) is 1. The monoisotopic (exact) mass is 286 g/mol. The molecule has 0 aliphatic heterocycles. The van der Waals surface area contributed by atoms with Gasteiger partial charge in [0, 0.05) is 42.4 Å². The molecular weight excluding hydrogens is 268 g/mol. The number of hydrogen-bond acceptors (Lipinski definition) is 4. The quantitative estimate of drug-likeness (QED) is 0.595. The fraction of sp³-hybridized carbons (Fsp3) is 0.875. The second kappa shape index (κ2) is 7.04. The van der Waals surface area contributed by atoms with Gasteiger partial charge in [0.15, 0.2) is 0 Å². The summed E-state index contributed by atoms with van der Waals surface area (Å²) in [4.78, 5) is 10.3. The topological polar surface area (TPSA) is 104 Å². The highest BCUT2D eigenvalue weighted by atomic mass is 32.2. The van der Waals surface area contributed by atoms with E-state index in [-0.39, 0.29) is 24.8 Å². The highest BCUT2D eigenvalue weighted by molar-refractivity contribution is 7.87. The van der Waals surface area contributed by atoms with Gasteiger partial charge in [0.05, 0.1) is 6.42 Å². The van der Waals surface area contributed by atoms with E-state index in [2.05, 4.69) is 4.72 Å². The van der Waals surface area contributed by atoms with Crippen LogP contribution in [0.3, 0.4) is 0 Å². The average molecular weight is 286 g/mol. The largest absolute Gasteiger partial charge is 0.481 e. The van der Waals surface area contributed by atoms with Crippen molar-refractivity contribution in [2.75, 3.05) is 26.4 Å². The van der Waals surface area contributed by atoms with Crippen LogP contribution in [-0.4, -0.2) is 59.7 Å². The first-order chi connectivity index (χ1) is 7.66. The third-order valence-corrected chi connectivity index (χ3v) is 5.01. The minimum atomic E-state index is -3.70. The molecule has 0 saturated carbocycles. The lowest BCUT2D eigenvalue weighted by atomic mass is 10.4. The first-order valence-corrected chi connectivity index (χ1v) is 7.98. The Bertz CT molecular complexity index is 381. The van der Waals surface area contributed by atoms with Gasteiger partial charge >= 0.3 is 5.97 Å². The lowest BCUT2D eigenvalue weighted by Crippen LogP contribution is -2.42. The lowest BCUT2D eigenvalue weighted by Gasteiger charge is -2.18. The van der Waals surface area contributed by atoms with Crippen LogP contribution in [0.5, 0.6) is 0 Å². The van der Waals surface area contributed by atoms with Gasteiger partial charge < -0.3 is 5.11 Å². The predicted molar refractivity (Wildman–Crippen MR) is 65.3 cm³/mol. The fourth-order valence-electron chi connectivity index (χ4n) is 0.823. The number of rotatable bonds is 8. The molecule has 9 heteroatoms. The molecule has 17 heavy (non-hydrogen) atoms. The normalized spacial score (nSPS) is 15.8. The van der Waals surface area contributed by atoms with Gasteiger partial charge in [0.25, 0.3) is 10.2 Å². The summed E-state index contributed by atoms with van der Waals surface area (Å²) in [6, 6.07) is 0. The van der Waals surface area contributed by atoms with E-state index in [0.717, 1.165) is 4.31 Å². The van der Waals surface area contributed by atoms with Crippen LogP contribution in [0.15, 0.2) is 0 Å². The Morgan fingerprint density at radius 2 is 2.06 bits per heavy atom. The number of nitrogens with one attached hydrogen (secondary N) is 1. The first-order valence-electron chi connectivity index (χ1n) is 4.91. The molecule has 0 aromatic carbocycles. The van der Waals surface area contributed by atoms with Crippen LogP contribution in [0.25, 0.3) is 0 Å². The van der Waals surface area contributed by atoms with E-state index in [1.165, 1.54) is 13.3 Å². The van der Waals surface area contributed by atoms with Crippen molar-refractivity contribution in [1.29, 1.82) is 0 Å². The molecule has 0 aromatic heterocycles. The zero-order valence-corrected chi connectivity index (χ0v) is 11.7. The molecule has 0 aromatic rings. The highest BCUT2D eigenvalue weighted by Gasteiger charge is 2.19. The number of hydrogen-bond donors (Lipinski definition) is 2. The van der Waals surface area contributed by atoms with Crippen molar-refractivity contribution in [3.63, 3.8) is 0 Å². The third kappa shape index (κ3) is 6.71. The Kier molecular flexibility index (Phi) is 6.83. The van der Waals surface area contributed by atoms with E-state index in [9.17, 15) is 17.4 Å². The molecule has 0 fully saturated rings. The van der Waals surface area contributed by atoms with Crippen LogP contribution in [0, 0.1) is 0 Å². The summed E-state index contributed by atoms with van der Waals surface area (Å²) in [5.74, 6) is -1.06. The Morgan fingerprint density at radius 3 is 2.47 bits per heavy atom. The number of carbonyl (C=O) groups is 1. The molecule has 0 aliphatic carbocycles.